The van der Waals surface area contributed by atoms with Crippen molar-refractivity contribution >= 4 is 29.0 Å². The molecule has 0 spiro atoms. The van der Waals surface area contributed by atoms with Gasteiger partial charge in [0.15, 0.2) is 5.82 Å². The van der Waals surface area contributed by atoms with E-state index in [4.69, 9.17) is 33.8 Å². The lowest BCUT2D eigenvalue weighted by Gasteiger charge is -2.09. The molecule has 0 bridgehead atoms. The standard InChI is InChI=1S/C12H12Cl2N4O/c1-7-5-10(18-15)17-11(16-7)6-19-9-4-2-3-8(13)12(9)14/h2-5H,6,15H2,1H3,(H,16,17,18). The van der Waals surface area contributed by atoms with E-state index in [2.05, 4.69) is 15.4 Å². The van der Waals surface area contributed by atoms with E-state index in [0.29, 0.717) is 27.4 Å². The number of hydrogen-bond donors (Lipinski definition) is 2. The van der Waals surface area contributed by atoms with Crippen molar-refractivity contribution in [1.82, 2.24) is 9.97 Å². The number of nitrogens with one attached hydrogen (secondary N) is 1. The molecule has 2 rings (SSSR count). The molecule has 0 aliphatic rings. The van der Waals surface area contributed by atoms with Crippen molar-refractivity contribution in [3.63, 3.8) is 0 Å². The van der Waals surface area contributed by atoms with Gasteiger partial charge in [-0.05, 0) is 19.1 Å². The van der Waals surface area contributed by atoms with Crippen molar-refractivity contribution in [3.8, 4) is 5.75 Å². The van der Waals surface area contributed by atoms with Crippen molar-refractivity contribution in [1.29, 1.82) is 0 Å². The number of rotatable bonds is 4. The minimum Gasteiger partial charge on any atom is -0.484 e. The Morgan fingerprint density at radius 2 is 2.11 bits per heavy atom. The topological polar surface area (TPSA) is 73.1 Å². The van der Waals surface area contributed by atoms with E-state index < -0.39 is 0 Å². The summed E-state index contributed by atoms with van der Waals surface area (Å²) < 4.78 is 5.55. The van der Waals surface area contributed by atoms with Crippen LogP contribution in [0.5, 0.6) is 5.75 Å². The second-order valence-corrected chi connectivity index (χ2v) is 4.58. The van der Waals surface area contributed by atoms with Gasteiger partial charge < -0.3 is 10.2 Å². The Labute approximate surface area is 120 Å². The fourth-order valence-electron chi connectivity index (χ4n) is 1.51. The monoisotopic (exact) mass is 298 g/mol. The van der Waals surface area contributed by atoms with Crippen molar-refractivity contribution in [3.05, 3.63) is 45.8 Å². The molecule has 0 unspecified atom stereocenters. The van der Waals surface area contributed by atoms with Crippen LogP contribution in [0.2, 0.25) is 10.0 Å². The lowest BCUT2D eigenvalue weighted by atomic mass is 10.3. The van der Waals surface area contributed by atoms with E-state index in [-0.39, 0.29) is 6.61 Å². The van der Waals surface area contributed by atoms with Gasteiger partial charge in [0.25, 0.3) is 0 Å². The molecule has 0 aliphatic carbocycles. The van der Waals surface area contributed by atoms with Gasteiger partial charge in [-0.3, -0.25) is 0 Å². The predicted octanol–water partition coefficient (Wildman–Crippen LogP) is 2.96. The molecule has 100 valence electrons. The van der Waals surface area contributed by atoms with E-state index >= 15 is 0 Å². The highest BCUT2D eigenvalue weighted by Crippen LogP contribution is 2.31. The van der Waals surface area contributed by atoms with Crippen LogP contribution in [0.4, 0.5) is 5.82 Å². The predicted molar refractivity (Wildman–Crippen MR) is 75.4 cm³/mol. The Hall–Kier alpha value is -1.56. The van der Waals surface area contributed by atoms with Crippen LogP contribution < -0.4 is 16.0 Å². The Balaban J connectivity index is 2.14. The summed E-state index contributed by atoms with van der Waals surface area (Å²) in [6.45, 7) is 2.02. The van der Waals surface area contributed by atoms with Gasteiger partial charge in [0.05, 0.1) is 5.02 Å². The van der Waals surface area contributed by atoms with Crippen LogP contribution in [0, 0.1) is 6.92 Å². The molecule has 3 N–H and O–H groups in total. The van der Waals surface area contributed by atoms with Crippen LogP contribution in [0.1, 0.15) is 11.5 Å². The number of ether oxygens (including phenoxy) is 1. The van der Waals surface area contributed by atoms with Crippen molar-refractivity contribution < 1.29 is 4.74 Å². The average molecular weight is 299 g/mol. The Kier molecular flexibility index (Phi) is 4.42. The second-order valence-electron chi connectivity index (χ2n) is 3.80. The number of aromatic nitrogens is 2. The SMILES string of the molecule is Cc1cc(NN)nc(COc2cccc(Cl)c2Cl)n1. The summed E-state index contributed by atoms with van der Waals surface area (Å²) in [6.07, 6.45) is 0. The molecule has 0 atom stereocenters. The van der Waals surface area contributed by atoms with Gasteiger partial charge in [0, 0.05) is 11.8 Å². The first kappa shape index (κ1) is 13.9. The van der Waals surface area contributed by atoms with Crippen molar-refractivity contribution in [2.75, 3.05) is 5.43 Å². The molecule has 0 saturated carbocycles. The zero-order valence-corrected chi connectivity index (χ0v) is 11.7. The zero-order valence-electron chi connectivity index (χ0n) is 10.2. The highest BCUT2D eigenvalue weighted by atomic mass is 35.5. The summed E-state index contributed by atoms with van der Waals surface area (Å²) in [5.41, 5.74) is 3.26. The molecular weight excluding hydrogens is 287 g/mol. The van der Waals surface area contributed by atoms with Gasteiger partial charge in [-0.2, -0.15) is 0 Å². The highest BCUT2D eigenvalue weighted by Gasteiger charge is 2.07. The third-order valence-electron chi connectivity index (χ3n) is 2.32. The van der Waals surface area contributed by atoms with Crippen molar-refractivity contribution in [2.24, 2.45) is 5.84 Å². The first-order valence-corrected chi connectivity index (χ1v) is 6.23. The summed E-state index contributed by atoms with van der Waals surface area (Å²) >= 11 is 11.9. The normalized spacial score (nSPS) is 10.3. The molecule has 0 fully saturated rings. The number of halogens is 2. The van der Waals surface area contributed by atoms with E-state index in [9.17, 15) is 0 Å². The molecule has 0 saturated heterocycles. The molecule has 0 amide bonds. The lowest BCUT2D eigenvalue weighted by Crippen LogP contribution is -2.12. The number of nitrogens with two attached hydrogens (primary N) is 1. The van der Waals surface area contributed by atoms with Gasteiger partial charge in [-0.15, -0.1) is 0 Å². The number of nitrogen functional groups attached to an aromatic ring is 1. The molecule has 1 aromatic heterocycles. The smallest absolute Gasteiger partial charge is 0.168 e. The zero-order chi connectivity index (χ0) is 13.8. The molecule has 0 aliphatic heterocycles. The van der Waals surface area contributed by atoms with Gasteiger partial charge in [0.1, 0.15) is 23.2 Å². The minimum atomic E-state index is 0.177. The van der Waals surface area contributed by atoms with Crippen LogP contribution in [0.3, 0.4) is 0 Å². The third-order valence-corrected chi connectivity index (χ3v) is 3.12. The fourth-order valence-corrected chi connectivity index (χ4v) is 1.85. The Bertz CT molecular complexity index is 592. The summed E-state index contributed by atoms with van der Waals surface area (Å²) in [7, 11) is 0. The maximum Gasteiger partial charge on any atom is 0.168 e. The quantitative estimate of drug-likeness (QED) is 0.670. The summed E-state index contributed by atoms with van der Waals surface area (Å²) in [4.78, 5) is 8.41. The molecule has 19 heavy (non-hydrogen) atoms. The maximum absolute atomic E-state index is 6.02. The molecule has 7 heteroatoms. The summed E-state index contributed by atoms with van der Waals surface area (Å²) in [6, 6.07) is 6.91. The first-order chi connectivity index (χ1) is 9.10. The first-order valence-electron chi connectivity index (χ1n) is 5.48. The van der Waals surface area contributed by atoms with Crippen LogP contribution in [-0.2, 0) is 6.61 Å². The number of benzene rings is 1. The molecular formula is C12H12Cl2N4O. The van der Waals surface area contributed by atoms with Crippen LogP contribution in [-0.4, -0.2) is 9.97 Å². The van der Waals surface area contributed by atoms with Crippen LogP contribution in [0.25, 0.3) is 0 Å². The number of nitrogens with zero attached hydrogens (tertiary/aromatic N) is 2. The number of hydrazine groups is 1. The number of aryl methyl sites for hydroxylation is 1. The Morgan fingerprint density at radius 1 is 1.32 bits per heavy atom. The van der Waals surface area contributed by atoms with E-state index in [1.807, 2.05) is 6.92 Å². The maximum atomic E-state index is 6.02. The van der Waals surface area contributed by atoms with Crippen LogP contribution >= 0.6 is 23.2 Å². The lowest BCUT2D eigenvalue weighted by molar-refractivity contribution is 0.296. The van der Waals surface area contributed by atoms with E-state index in [1.54, 1.807) is 24.3 Å². The van der Waals surface area contributed by atoms with Gasteiger partial charge in [-0.25, -0.2) is 15.8 Å². The van der Waals surface area contributed by atoms with Crippen LogP contribution in [0.15, 0.2) is 24.3 Å². The average Bonchev–Trinajstić information content (AvgIpc) is 2.40. The van der Waals surface area contributed by atoms with Gasteiger partial charge >= 0.3 is 0 Å². The highest BCUT2D eigenvalue weighted by molar-refractivity contribution is 6.42. The second kappa shape index (κ2) is 6.06. The molecule has 5 nitrogen and oxygen atoms in total. The van der Waals surface area contributed by atoms with E-state index in [1.165, 1.54) is 0 Å². The molecule has 1 heterocycles. The third kappa shape index (κ3) is 3.47. The van der Waals surface area contributed by atoms with Gasteiger partial charge in [-0.1, -0.05) is 29.3 Å². The Morgan fingerprint density at radius 3 is 2.84 bits per heavy atom. The van der Waals surface area contributed by atoms with E-state index in [0.717, 1.165) is 5.69 Å². The fraction of sp³-hybridized carbons (Fsp3) is 0.167. The molecule has 0 radical (unpaired) electrons. The number of anilines is 1. The number of hydrogen-bond acceptors (Lipinski definition) is 5. The molecule has 2 aromatic rings. The summed E-state index contributed by atoms with van der Waals surface area (Å²) in [5, 5.41) is 0.808. The largest absolute Gasteiger partial charge is 0.484 e. The van der Waals surface area contributed by atoms with Gasteiger partial charge in [0.2, 0.25) is 0 Å². The summed E-state index contributed by atoms with van der Waals surface area (Å²) in [5.74, 6) is 6.84. The minimum absolute atomic E-state index is 0.177. The van der Waals surface area contributed by atoms with Crippen molar-refractivity contribution in [2.45, 2.75) is 13.5 Å². The molecule has 1 aromatic carbocycles.